The minimum atomic E-state index is -0.137. The van der Waals surface area contributed by atoms with Gasteiger partial charge < -0.3 is 4.74 Å². The van der Waals surface area contributed by atoms with E-state index in [0.29, 0.717) is 0 Å². The number of benzene rings is 1. The third kappa shape index (κ3) is 2.39. The second kappa shape index (κ2) is 6.04. The molecule has 1 aromatic carbocycles. The highest BCUT2D eigenvalue weighted by Gasteiger charge is 2.39. The van der Waals surface area contributed by atoms with Crippen molar-refractivity contribution in [3.8, 4) is 0 Å². The van der Waals surface area contributed by atoms with Crippen LogP contribution in [0.4, 0.5) is 0 Å². The van der Waals surface area contributed by atoms with Crippen LogP contribution in [0.5, 0.6) is 0 Å². The van der Waals surface area contributed by atoms with Crippen LogP contribution in [0, 0.1) is 0 Å². The number of hydrogen-bond acceptors (Lipinski definition) is 4. The van der Waals surface area contributed by atoms with E-state index in [9.17, 15) is 0 Å². The molecular weight excluding hydrogens is 268 g/mol. The zero-order chi connectivity index (χ0) is 13.8. The molecule has 3 nitrogen and oxygen atoms in total. The zero-order valence-electron chi connectivity index (χ0n) is 11.8. The lowest BCUT2D eigenvalue weighted by molar-refractivity contribution is 0.185. The summed E-state index contributed by atoms with van der Waals surface area (Å²) in [6, 6.07) is 8.75. The molecule has 0 bridgehead atoms. The normalized spacial score (nSPS) is 21.6. The van der Waals surface area contributed by atoms with Crippen LogP contribution in [-0.4, -0.2) is 25.2 Å². The maximum Gasteiger partial charge on any atom is 0.117 e. The number of aromatic nitrogens is 1. The Bertz CT molecular complexity index is 555. The molecule has 1 aromatic heterocycles. The molecule has 0 saturated heterocycles. The Balaban J connectivity index is 2.03. The van der Waals surface area contributed by atoms with Crippen molar-refractivity contribution in [2.45, 2.75) is 24.8 Å². The molecule has 106 valence electrons. The van der Waals surface area contributed by atoms with E-state index in [1.165, 1.54) is 22.6 Å². The first-order chi connectivity index (χ1) is 9.87. The van der Waals surface area contributed by atoms with Gasteiger partial charge in [0.1, 0.15) is 5.01 Å². The third-order valence-corrected chi connectivity index (χ3v) is 4.94. The molecule has 0 amide bonds. The van der Waals surface area contributed by atoms with E-state index >= 15 is 0 Å². The fourth-order valence-electron chi connectivity index (χ4n) is 3.12. The lowest BCUT2D eigenvalue weighted by Gasteiger charge is -2.38. The summed E-state index contributed by atoms with van der Waals surface area (Å²) < 4.78 is 5.20. The average Bonchev–Trinajstić information content (AvgIpc) is 3.02. The molecule has 20 heavy (non-hydrogen) atoms. The van der Waals surface area contributed by atoms with Crippen molar-refractivity contribution < 1.29 is 4.74 Å². The molecule has 1 aliphatic carbocycles. The summed E-state index contributed by atoms with van der Waals surface area (Å²) in [5, 5.41) is 6.95. The smallest absolute Gasteiger partial charge is 0.117 e. The summed E-state index contributed by atoms with van der Waals surface area (Å²) in [6.45, 7) is 1.56. The summed E-state index contributed by atoms with van der Waals surface area (Å²) in [5.74, 6) is 0. The highest BCUT2D eigenvalue weighted by molar-refractivity contribution is 7.09. The maximum absolute atomic E-state index is 5.20. The maximum atomic E-state index is 5.20. The van der Waals surface area contributed by atoms with Gasteiger partial charge in [0.25, 0.3) is 0 Å². The van der Waals surface area contributed by atoms with Crippen LogP contribution in [0.15, 0.2) is 35.8 Å². The van der Waals surface area contributed by atoms with Gasteiger partial charge in [-0.25, -0.2) is 4.98 Å². The van der Waals surface area contributed by atoms with Crippen LogP contribution in [0.2, 0.25) is 0 Å². The SMILES string of the molecule is COCCNC1(c2nccs2)CCCc2ccccc21. The van der Waals surface area contributed by atoms with Gasteiger partial charge >= 0.3 is 0 Å². The van der Waals surface area contributed by atoms with Gasteiger partial charge in [0.2, 0.25) is 0 Å². The highest BCUT2D eigenvalue weighted by Crippen LogP contribution is 2.41. The van der Waals surface area contributed by atoms with Crippen molar-refractivity contribution in [1.82, 2.24) is 10.3 Å². The first kappa shape index (κ1) is 13.7. The number of ether oxygens (including phenoxy) is 1. The van der Waals surface area contributed by atoms with Crippen molar-refractivity contribution in [2.24, 2.45) is 0 Å². The van der Waals surface area contributed by atoms with E-state index in [1.807, 2.05) is 6.20 Å². The van der Waals surface area contributed by atoms with Crippen LogP contribution in [0.1, 0.15) is 29.0 Å². The molecule has 0 radical (unpaired) electrons. The molecule has 0 aliphatic heterocycles. The fourth-order valence-corrected chi connectivity index (χ4v) is 3.97. The van der Waals surface area contributed by atoms with Crippen LogP contribution >= 0.6 is 11.3 Å². The van der Waals surface area contributed by atoms with Gasteiger partial charge in [0.15, 0.2) is 0 Å². The fraction of sp³-hybridized carbons (Fsp3) is 0.438. The zero-order valence-corrected chi connectivity index (χ0v) is 12.6. The highest BCUT2D eigenvalue weighted by atomic mass is 32.1. The lowest BCUT2D eigenvalue weighted by atomic mass is 9.76. The average molecular weight is 288 g/mol. The van der Waals surface area contributed by atoms with Crippen molar-refractivity contribution in [3.63, 3.8) is 0 Å². The Hall–Kier alpha value is -1.23. The largest absolute Gasteiger partial charge is 0.383 e. The Morgan fingerprint density at radius 2 is 2.30 bits per heavy atom. The van der Waals surface area contributed by atoms with Gasteiger partial charge in [-0.1, -0.05) is 24.3 Å². The van der Waals surface area contributed by atoms with Gasteiger partial charge in [0, 0.05) is 25.2 Å². The first-order valence-electron chi connectivity index (χ1n) is 7.09. The van der Waals surface area contributed by atoms with E-state index in [0.717, 1.165) is 26.0 Å². The summed E-state index contributed by atoms with van der Waals surface area (Å²) in [6.07, 6.45) is 5.35. The lowest BCUT2D eigenvalue weighted by Crippen LogP contribution is -2.47. The van der Waals surface area contributed by atoms with Crippen molar-refractivity contribution in [2.75, 3.05) is 20.3 Å². The van der Waals surface area contributed by atoms with Crippen LogP contribution in [0.3, 0.4) is 0 Å². The predicted octanol–water partition coefficient (Wildman–Crippen LogP) is 2.96. The number of methoxy groups -OCH3 is 1. The van der Waals surface area contributed by atoms with Crippen molar-refractivity contribution in [3.05, 3.63) is 52.0 Å². The van der Waals surface area contributed by atoms with Gasteiger partial charge in [-0.05, 0) is 30.4 Å². The van der Waals surface area contributed by atoms with Crippen LogP contribution in [0.25, 0.3) is 0 Å². The number of aryl methyl sites for hydroxylation is 1. The Labute approximate surface area is 124 Å². The number of thiazole rings is 1. The molecule has 1 unspecified atom stereocenters. The predicted molar refractivity (Wildman–Crippen MR) is 82.2 cm³/mol. The topological polar surface area (TPSA) is 34.1 Å². The number of fused-ring (bicyclic) bond motifs is 1. The minimum Gasteiger partial charge on any atom is -0.383 e. The molecule has 0 fully saturated rings. The molecule has 1 atom stereocenters. The molecule has 0 spiro atoms. The van der Waals surface area contributed by atoms with E-state index in [-0.39, 0.29) is 5.54 Å². The molecule has 1 heterocycles. The van der Waals surface area contributed by atoms with Crippen molar-refractivity contribution in [1.29, 1.82) is 0 Å². The first-order valence-corrected chi connectivity index (χ1v) is 7.97. The second-order valence-corrected chi connectivity index (χ2v) is 6.07. The Morgan fingerprint density at radius 1 is 1.40 bits per heavy atom. The number of nitrogens with zero attached hydrogens (tertiary/aromatic N) is 1. The van der Waals surface area contributed by atoms with Gasteiger partial charge in [-0.3, -0.25) is 5.32 Å². The standard InChI is InChI=1S/C16H20N2OS/c1-19-11-9-18-16(15-17-10-12-20-15)8-4-6-13-5-2-3-7-14(13)16/h2-3,5,7,10,12,18H,4,6,8-9,11H2,1H3. The molecule has 4 heteroatoms. The van der Waals surface area contributed by atoms with Gasteiger partial charge in [-0.2, -0.15) is 0 Å². The number of rotatable bonds is 5. The van der Waals surface area contributed by atoms with Gasteiger partial charge in [-0.15, -0.1) is 11.3 Å². The minimum absolute atomic E-state index is 0.137. The summed E-state index contributed by atoms with van der Waals surface area (Å²) in [5.41, 5.74) is 2.69. The molecule has 1 N–H and O–H groups in total. The van der Waals surface area contributed by atoms with Gasteiger partial charge in [0.05, 0.1) is 12.1 Å². The van der Waals surface area contributed by atoms with Crippen LogP contribution < -0.4 is 5.32 Å². The van der Waals surface area contributed by atoms with E-state index in [4.69, 9.17) is 4.74 Å². The molecule has 2 aromatic rings. The van der Waals surface area contributed by atoms with Crippen LogP contribution in [-0.2, 0) is 16.7 Å². The molecule has 3 rings (SSSR count). The van der Waals surface area contributed by atoms with E-state index < -0.39 is 0 Å². The Kier molecular flexibility index (Phi) is 4.15. The van der Waals surface area contributed by atoms with E-state index in [1.54, 1.807) is 18.4 Å². The number of hydrogen-bond donors (Lipinski definition) is 1. The molecular formula is C16H20N2OS. The summed E-state index contributed by atoms with van der Waals surface area (Å²) >= 11 is 1.74. The monoisotopic (exact) mass is 288 g/mol. The third-order valence-electron chi connectivity index (χ3n) is 4.01. The quantitative estimate of drug-likeness (QED) is 0.859. The Morgan fingerprint density at radius 3 is 3.10 bits per heavy atom. The summed E-state index contributed by atoms with van der Waals surface area (Å²) in [7, 11) is 1.74. The molecule has 0 saturated carbocycles. The second-order valence-electron chi connectivity index (χ2n) is 5.17. The van der Waals surface area contributed by atoms with E-state index in [2.05, 4.69) is 39.9 Å². The molecule has 1 aliphatic rings. The summed E-state index contributed by atoms with van der Waals surface area (Å²) in [4.78, 5) is 4.60. The van der Waals surface area contributed by atoms with Crippen molar-refractivity contribution >= 4 is 11.3 Å². The number of nitrogens with one attached hydrogen (secondary N) is 1.